The molecule has 0 aliphatic carbocycles. The Balaban J connectivity index is 2.01. The van der Waals surface area contributed by atoms with Crippen molar-refractivity contribution < 1.29 is 0 Å². The average Bonchev–Trinajstić information content (AvgIpc) is 2.62. The normalized spacial score (nSPS) is 11.3. The maximum absolute atomic E-state index is 2.45. The second kappa shape index (κ2) is 6.01. The van der Waals surface area contributed by atoms with E-state index in [9.17, 15) is 0 Å². The van der Waals surface area contributed by atoms with Crippen molar-refractivity contribution in [3.05, 3.63) is 84.9 Å². The first-order chi connectivity index (χ1) is 11.8. The Morgan fingerprint density at radius 3 is 1.42 bits per heavy atom. The Bertz CT molecular complexity index is 911. The topological polar surface area (TPSA) is 3.24 Å². The highest BCUT2D eigenvalue weighted by molar-refractivity contribution is 6.01. The molecule has 0 radical (unpaired) electrons. The Morgan fingerprint density at radius 1 is 0.542 bits per heavy atom. The van der Waals surface area contributed by atoms with Crippen LogP contribution in [0.5, 0.6) is 0 Å². The van der Waals surface area contributed by atoms with E-state index in [-0.39, 0.29) is 0 Å². The minimum Gasteiger partial charge on any atom is -0.338 e. The molecular weight excluding hydrogens is 290 g/mol. The molecule has 0 aliphatic rings. The maximum atomic E-state index is 2.45. The minimum absolute atomic E-state index is 0.363. The van der Waals surface area contributed by atoms with Gasteiger partial charge in [0.2, 0.25) is 0 Å². The molecule has 0 amide bonds. The molecule has 1 heteroatoms. The Morgan fingerprint density at radius 2 is 0.958 bits per heavy atom. The molecule has 118 valence electrons. The highest BCUT2D eigenvalue weighted by Crippen LogP contribution is 2.37. The van der Waals surface area contributed by atoms with E-state index < -0.39 is 0 Å². The highest BCUT2D eigenvalue weighted by Gasteiger charge is 2.17. The van der Waals surface area contributed by atoms with Crippen molar-refractivity contribution in [1.82, 2.24) is 0 Å². The van der Waals surface area contributed by atoms with Gasteiger partial charge in [-0.3, -0.25) is 0 Å². The number of hydrogen-bond donors (Lipinski definition) is 0. The smallest absolute Gasteiger partial charge is 0.0493 e. The number of anilines is 2. The van der Waals surface area contributed by atoms with Crippen molar-refractivity contribution >= 4 is 32.9 Å². The van der Waals surface area contributed by atoms with Crippen molar-refractivity contribution in [3.63, 3.8) is 0 Å². The lowest BCUT2D eigenvalue weighted by atomic mass is 10.0. The van der Waals surface area contributed by atoms with Crippen LogP contribution in [0, 0.1) is 0 Å². The molecule has 0 bridgehead atoms. The molecule has 24 heavy (non-hydrogen) atoms. The lowest BCUT2D eigenvalue weighted by Gasteiger charge is -2.31. The molecule has 0 N–H and O–H groups in total. The third-order valence-electron chi connectivity index (χ3n) is 4.57. The highest BCUT2D eigenvalue weighted by atomic mass is 15.2. The zero-order chi connectivity index (χ0) is 16.5. The van der Waals surface area contributed by atoms with Gasteiger partial charge in [-0.1, -0.05) is 72.8 Å². The van der Waals surface area contributed by atoms with E-state index in [1.54, 1.807) is 0 Å². The largest absolute Gasteiger partial charge is 0.338 e. The molecular formula is C23H21N. The molecule has 4 aromatic rings. The first-order valence-electron chi connectivity index (χ1n) is 8.50. The summed E-state index contributed by atoms with van der Waals surface area (Å²) in [6.07, 6.45) is 0. The second-order valence-electron chi connectivity index (χ2n) is 6.46. The van der Waals surface area contributed by atoms with E-state index in [1.807, 2.05) is 0 Å². The van der Waals surface area contributed by atoms with Gasteiger partial charge in [0.05, 0.1) is 0 Å². The lowest BCUT2D eigenvalue weighted by Crippen LogP contribution is -2.25. The van der Waals surface area contributed by atoms with E-state index in [2.05, 4.69) is 104 Å². The molecule has 0 spiro atoms. The first kappa shape index (κ1) is 14.8. The quantitative estimate of drug-likeness (QED) is 0.415. The molecule has 0 fully saturated rings. The summed E-state index contributed by atoms with van der Waals surface area (Å²) in [5.41, 5.74) is 2.53. The van der Waals surface area contributed by atoms with E-state index >= 15 is 0 Å². The van der Waals surface area contributed by atoms with Gasteiger partial charge < -0.3 is 4.90 Å². The fourth-order valence-electron chi connectivity index (χ4n) is 3.52. The summed E-state index contributed by atoms with van der Waals surface area (Å²) in [6, 6.07) is 30.7. The van der Waals surface area contributed by atoms with Crippen LogP contribution in [0.3, 0.4) is 0 Å². The SMILES string of the molecule is CC(C)N(c1cccc2ccccc12)c1cccc2ccccc12. The van der Waals surface area contributed by atoms with Crippen molar-refractivity contribution in [3.8, 4) is 0 Å². The van der Waals surface area contributed by atoms with Crippen LogP contribution >= 0.6 is 0 Å². The molecule has 4 rings (SSSR count). The maximum Gasteiger partial charge on any atom is 0.0493 e. The standard InChI is InChI=1S/C23H21N/c1-17(2)24(22-15-7-11-18-9-3-5-13-20(18)22)23-16-8-12-19-10-4-6-14-21(19)23/h3-17H,1-2H3. The zero-order valence-electron chi connectivity index (χ0n) is 14.1. The minimum atomic E-state index is 0.363. The third-order valence-corrected chi connectivity index (χ3v) is 4.57. The van der Waals surface area contributed by atoms with Crippen molar-refractivity contribution in [1.29, 1.82) is 0 Å². The van der Waals surface area contributed by atoms with Crippen LogP contribution in [0.1, 0.15) is 13.8 Å². The van der Waals surface area contributed by atoms with Crippen molar-refractivity contribution in [2.24, 2.45) is 0 Å². The Labute approximate surface area is 143 Å². The number of fused-ring (bicyclic) bond motifs is 2. The Kier molecular flexibility index (Phi) is 3.70. The zero-order valence-corrected chi connectivity index (χ0v) is 14.1. The molecule has 0 saturated carbocycles. The van der Waals surface area contributed by atoms with E-state index in [0.717, 1.165) is 0 Å². The molecule has 0 atom stereocenters. The lowest BCUT2D eigenvalue weighted by molar-refractivity contribution is 0.794. The van der Waals surface area contributed by atoms with Gasteiger partial charge in [-0.15, -0.1) is 0 Å². The van der Waals surface area contributed by atoms with Gasteiger partial charge in [0.1, 0.15) is 0 Å². The fraction of sp³-hybridized carbons (Fsp3) is 0.130. The molecule has 0 saturated heterocycles. The molecule has 4 aromatic carbocycles. The average molecular weight is 311 g/mol. The van der Waals surface area contributed by atoms with Gasteiger partial charge >= 0.3 is 0 Å². The van der Waals surface area contributed by atoms with Gasteiger partial charge in [-0.2, -0.15) is 0 Å². The van der Waals surface area contributed by atoms with Crippen LogP contribution in [0.25, 0.3) is 21.5 Å². The van der Waals surface area contributed by atoms with Crippen LogP contribution in [-0.2, 0) is 0 Å². The van der Waals surface area contributed by atoms with Crippen LogP contribution in [0.2, 0.25) is 0 Å². The predicted octanol–water partition coefficient (Wildman–Crippen LogP) is 6.54. The van der Waals surface area contributed by atoms with Crippen LogP contribution < -0.4 is 4.90 Å². The van der Waals surface area contributed by atoms with Crippen LogP contribution in [0.15, 0.2) is 84.9 Å². The number of nitrogens with zero attached hydrogens (tertiary/aromatic N) is 1. The Hall–Kier alpha value is -2.80. The summed E-state index contributed by atoms with van der Waals surface area (Å²) in [5, 5.41) is 5.14. The van der Waals surface area contributed by atoms with Crippen LogP contribution in [0.4, 0.5) is 11.4 Å². The van der Waals surface area contributed by atoms with Crippen molar-refractivity contribution in [2.75, 3.05) is 4.90 Å². The van der Waals surface area contributed by atoms with Gasteiger partial charge in [0.25, 0.3) is 0 Å². The monoisotopic (exact) mass is 311 g/mol. The fourth-order valence-corrected chi connectivity index (χ4v) is 3.52. The van der Waals surface area contributed by atoms with Gasteiger partial charge in [0.15, 0.2) is 0 Å². The van der Waals surface area contributed by atoms with Gasteiger partial charge in [0, 0.05) is 28.2 Å². The van der Waals surface area contributed by atoms with Crippen LogP contribution in [-0.4, -0.2) is 6.04 Å². The molecule has 0 unspecified atom stereocenters. The summed E-state index contributed by atoms with van der Waals surface area (Å²) >= 11 is 0. The second-order valence-corrected chi connectivity index (χ2v) is 6.46. The molecule has 0 heterocycles. The van der Waals surface area contributed by atoms with Gasteiger partial charge in [-0.05, 0) is 36.8 Å². The van der Waals surface area contributed by atoms with E-state index in [4.69, 9.17) is 0 Å². The first-order valence-corrected chi connectivity index (χ1v) is 8.50. The number of benzene rings is 4. The summed E-state index contributed by atoms with van der Waals surface area (Å²) < 4.78 is 0. The molecule has 1 nitrogen and oxygen atoms in total. The number of rotatable bonds is 3. The number of hydrogen-bond acceptors (Lipinski definition) is 1. The molecule has 0 aromatic heterocycles. The third kappa shape index (κ3) is 2.43. The summed E-state index contributed by atoms with van der Waals surface area (Å²) in [5.74, 6) is 0. The molecule has 0 aliphatic heterocycles. The van der Waals surface area contributed by atoms with E-state index in [1.165, 1.54) is 32.9 Å². The predicted molar refractivity (Wildman–Crippen MR) is 105 cm³/mol. The van der Waals surface area contributed by atoms with Gasteiger partial charge in [-0.25, -0.2) is 0 Å². The van der Waals surface area contributed by atoms with Crippen molar-refractivity contribution in [2.45, 2.75) is 19.9 Å². The van der Waals surface area contributed by atoms with E-state index in [0.29, 0.717) is 6.04 Å². The summed E-state index contributed by atoms with van der Waals surface area (Å²) in [6.45, 7) is 4.51. The summed E-state index contributed by atoms with van der Waals surface area (Å²) in [4.78, 5) is 2.45. The summed E-state index contributed by atoms with van der Waals surface area (Å²) in [7, 11) is 0.